The number of halogens is 2. The molecule has 2 fully saturated rings. The predicted molar refractivity (Wildman–Crippen MR) is 134 cm³/mol. The molecule has 1 aromatic carbocycles. The van der Waals surface area contributed by atoms with Crippen molar-refractivity contribution >= 4 is 41.5 Å². The number of guanidine groups is 1. The Morgan fingerprint density at radius 1 is 1.23 bits per heavy atom. The molecule has 1 atom stereocenters. The highest BCUT2D eigenvalue weighted by Crippen LogP contribution is 2.21. The van der Waals surface area contributed by atoms with Crippen LogP contribution in [0.3, 0.4) is 0 Å². The highest BCUT2D eigenvalue weighted by molar-refractivity contribution is 14.0. The van der Waals surface area contributed by atoms with Crippen LogP contribution in [0.1, 0.15) is 31.2 Å². The molecular formula is C22H36ClIN4O2. The molecule has 0 bridgehead atoms. The van der Waals surface area contributed by atoms with E-state index in [1.54, 1.807) is 0 Å². The molecule has 2 aliphatic rings. The topological polar surface area (TPSA) is 58.1 Å². The number of aliphatic imine (C=N–C) groups is 1. The lowest BCUT2D eigenvalue weighted by molar-refractivity contribution is 0.0420. The number of benzene rings is 1. The molecule has 2 saturated heterocycles. The third-order valence-electron chi connectivity index (χ3n) is 5.70. The molecule has 0 saturated carbocycles. The summed E-state index contributed by atoms with van der Waals surface area (Å²) in [5.41, 5.74) is 1.22. The van der Waals surface area contributed by atoms with Crippen molar-refractivity contribution in [2.45, 2.75) is 38.3 Å². The average molecular weight is 551 g/mol. The molecule has 30 heavy (non-hydrogen) atoms. The fraction of sp³-hybridized carbons (Fsp3) is 0.682. The van der Waals surface area contributed by atoms with E-state index in [4.69, 9.17) is 21.1 Å². The summed E-state index contributed by atoms with van der Waals surface area (Å²) < 4.78 is 11.1. The number of nitrogens with zero attached hydrogens (tertiary/aromatic N) is 2. The minimum Gasteiger partial charge on any atom is -0.379 e. The SMILES string of the molecule is CN=C(NCCCOC1CCOC1)NCC1CCN(Cc2ccccc2Cl)CC1.I. The van der Waals surface area contributed by atoms with Gasteiger partial charge in [0.25, 0.3) is 0 Å². The van der Waals surface area contributed by atoms with Gasteiger partial charge in [0.05, 0.1) is 12.7 Å². The summed E-state index contributed by atoms with van der Waals surface area (Å²) in [5, 5.41) is 7.74. The molecular weight excluding hydrogens is 515 g/mol. The van der Waals surface area contributed by atoms with Crippen LogP contribution in [0.25, 0.3) is 0 Å². The van der Waals surface area contributed by atoms with Crippen molar-refractivity contribution in [1.82, 2.24) is 15.5 Å². The quantitative estimate of drug-likeness (QED) is 0.213. The van der Waals surface area contributed by atoms with E-state index < -0.39 is 0 Å². The van der Waals surface area contributed by atoms with Crippen LogP contribution < -0.4 is 10.6 Å². The Labute approximate surface area is 203 Å². The van der Waals surface area contributed by atoms with Crippen molar-refractivity contribution in [2.24, 2.45) is 10.9 Å². The van der Waals surface area contributed by atoms with Crippen LogP contribution in [0.2, 0.25) is 5.02 Å². The molecule has 6 nitrogen and oxygen atoms in total. The second-order valence-corrected chi connectivity index (χ2v) is 8.31. The number of rotatable bonds is 9. The van der Waals surface area contributed by atoms with Gasteiger partial charge >= 0.3 is 0 Å². The number of ether oxygens (including phenoxy) is 2. The van der Waals surface area contributed by atoms with Crippen molar-refractivity contribution in [3.63, 3.8) is 0 Å². The minimum atomic E-state index is 0. The van der Waals surface area contributed by atoms with Crippen LogP contribution in [0.5, 0.6) is 0 Å². The Bertz CT molecular complexity index is 635. The molecule has 0 aliphatic carbocycles. The third-order valence-corrected chi connectivity index (χ3v) is 6.06. The lowest BCUT2D eigenvalue weighted by Crippen LogP contribution is -2.43. The first-order valence-electron chi connectivity index (χ1n) is 10.8. The van der Waals surface area contributed by atoms with Gasteiger partial charge in [0, 0.05) is 44.9 Å². The molecule has 1 unspecified atom stereocenters. The Morgan fingerprint density at radius 3 is 2.73 bits per heavy atom. The minimum absolute atomic E-state index is 0. The van der Waals surface area contributed by atoms with Crippen molar-refractivity contribution in [3.8, 4) is 0 Å². The van der Waals surface area contributed by atoms with Crippen molar-refractivity contribution in [1.29, 1.82) is 0 Å². The van der Waals surface area contributed by atoms with E-state index in [-0.39, 0.29) is 30.1 Å². The number of piperidine rings is 1. The van der Waals surface area contributed by atoms with Gasteiger partial charge in [-0.2, -0.15) is 0 Å². The van der Waals surface area contributed by atoms with Crippen LogP contribution in [-0.2, 0) is 16.0 Å². The molecule has 0 radical (unpaired) electrons. The van der Waals surface area contributed by atoms with E-state index in [0.717, 1.165) is 76.4 Å². The zero-order valence-electron chi connectivity index (χ0n) is 17.9. The van der Waals surface area contributed by atoms with Crippen molar-refractivity contribution < 1.29 is 9.47 Å². The maximum absolute atomic E-state index is 6.30. The predicted octanol–water partition coefficient (Wildman–Crippen LogP) is 3.53. The zero-order chi connectivity index (χ0) is 20.3. The van der Waals surface area contributed by atoms with Gasteiger partial charge in [-0.3, -0.25) is 9.89 Å². The average Bonchev–Trinajstić information content (AvgIpc) is 3.26. The zero-order valence-corrected chi connectivity index (χ0v) is 21.0. The number of likely N-dealkylation sites (tertiary alicyclic amines) is 1. The second-order valence-electron chi connectivity index (χ2n) is 7.90. The number of hydrogen-bond acceptors (Lipinski definition) is 4. The van der Waals surface area contributed by atoms with Gasteiger partial charge in [-0.05, 0) is 56.3 Å². The van der Waals surface area contributed by atoms with Gasteiger partial charge in [-0.1, -0.05) is 29.8 Å². The Kier molecular flexibility index (Phi) is 12.4. The second kappa shape index (κ2) is 14.5. The fourth-order valence-electron chi connectivity index (χ4n) is 3.85. The summed E-state index contributed by atoms with van der Waals surface area (Å²) >= 11 is 6.30. The summed E-state index contributed by atoms with van der Waals surface area (Å²) in [6.07, 6.45) is 4.68. The first-order valence-corrected chi connectivity index (χ1v) is 11.2. The standard InChI is InChI=1S/C22H35ClN4O2.HI/c1-24-22(25-10-4-13-29-20-9-14-28-17-20)26-15-18-7-11-27(12-8-18)16-19-5-2-3-6-21(19)23;/h2-3,5-6,18,20H,4,7-17H2,1H3,(H2,24,25,26);1H. The van der Waals surface area contributed by atoms with Crippen LogP contribution in [-0.4, -0.2) is 70.0 Å². The summed E-state index contributed by atoms with van der Waals surface area (Å²) in [6.45, 7) is 7.35. The molecule has 0 aromatic heterocycles. The Hall–Kier alpha value is -0.610. The first-order chi connectivity index (χ1) is 14.2. The van der Waals surface area contributed by atoms with Crippen LogP contribution in [0.15, 0.2) is 29.3 Å². The first kappa shape index (κ1) is 25.6. The highest BCUT2D eigenvalue weighted by atomic mass is 127. The molecule has 8 heteroatoms. The summed E-state index contributed by atoms with van der Waals surface area (Å²) in [5.74, 6) is 1.56. The molecule has 2 aliphatic heterocycles. The van der Waals surface area contributed by atoms with Crippen LogP contribution in [0, 0.1) is 5.92 Å². The molecule has 2 N–H and O–H groups in total. The van der Waals surface area contributed by atoms with Gasteiger partial charge in [-0.25, -0.2) is 0 Å². The highest BCUT2D eigenvalue weighted by Gasteiger charge is 2.20. The lowest BCUT2D eigenvalue weighted by atomic mass is 9.96. The summed E-state index contributed by atoms with van der Waals surface area (Å²) in [4.78, 5) is 6.84. The smallest absolute Gasteiger partial charge is 0.190 e. The van der Waals surface area contributed by atoms with Gasteiger partial charge < -0.3 is 20.1 Å². The summed E-state index contributed by atoms with van der Waals surface area (Å²) in [7, 11) is 1.83. The van der Waals surface area contributed by atoms with Crippen molar-refractivity contribution in [3.05, 3.63) is 34.9 Å². The van der Waals surface area contributed by atoms with Crippen LogP contribution >= 0.6 is 35.6 Å². The number of hydrogen-bond donors (Lipinski definition) is 2. The molecule has 170 valence electrons. The summed E-state index contributed by atoms with van der Waals surface area (Å²) in [6, 6.07) is 8.15. The molecule has 1 aromatic rings. The van der Waals surface area contributed by atoms with E-state index in [1.807, 2.05) is 19.2 Å². The molecule has 2 heterocycles. The van der Waals surface area contributed by atoms with Crippen molar-refractivity contribution in [2.75, 3.05) is 53.0 Å². The maximum Gasteiger partial charge on any atom is 0.190 e. The largest absolute Gasteiger partial charge is 0.379 e. The number of nitrogens with one attached hydrogen (secondary N) is 2. The maximum atomic E-state index is 6.30. The van der Waals surface area contributed by atoms with Crippen LogP contribution in [0.4, 0.5) is 0 Å². The molecule has 0 spiro atoms. The Balaban J connectivity index is 0.00000320. The van der Waals surface area contributed by atoms with Gasteiger partial charge in [0.15, 0.2) is 5.96 Å². The molecule has 3 rings (SSSR count). The van der Waals surface area contributed by atoms with Gasteiger partial charge in [-0.15, -0.1) is 24.0 Å². The fourth-order valence-corrected chi connectivity index (χ4v) is 4.05. The van der Waals surface area contributed by atoms with Gasteiger partial charge in [0.1, 0.15) is 0 Å². The van der Waals surface area contributed by atoms with E-state index in [1.165, 1.54) is 18.4 Å². The monoisotopic (exact) mass is 550 g/mol. The third kappa shape index (κ3) is 8.86. The van der Waals surface area contributed by atoms with E-state index in [0.29, 0.717) is 5.92 Å². The lowest BCUT2D eigenvalue weighted by Gasteiger charge is -2.32. The Morgan fingerprint density at radius 2 is 2.03 bits per heavy atom. The molecule has 0 amide bonds. The van der Waals surface area contributed by atoms with Gasteiger partial charge in [0.2, 0.25) is 0 Å². The van der Waals surface area contributed by atoms with E-state index >= 15 is 0 Å². The normalized spacial score (nSPS) is 20.7. The van der Waals surface area contributed by atoms with E-state index in [2.05, 4.69) is 32.7 Å². The van der Waals surface area contributed by atoms with E-state index in [9.17, 15) is 0 Å².